The van der Waals surface area contributed by atoms with Crippen molar-refractivity contribution in [1.82, 2.24) is 5.32 Å². The summed E-state index contributed by atoms with van der Waals surface area (Å²) in [5, 5.41) is 4.00. The fraction of sp³-hybridized carbons (Fsp3) is 0.185. The maximum atomic E-state index is 13.0. The van der Waals surface area contributed by atoms with Crippen LogP contribution in [0.1, 0.15) is 12.0 Å². The van der Waals surface area contributed by atoms with E-state index in [1.54, 1.807) is 37.5 Å². The fourth-order valence-electron chi connectivity index (χ4n) is 3.09. The second kappa shape index (κ2) is 13.3. The third kappa shape index (κ3) is 8.26. The third-order valence-corrected chi connectivity index (χ3v) is 7.13. The molecule has 0 fully saturated rings. The van der Waals surface area contributed by atoms with Gasteiger partial charge in [0.1, 0.15) is 0 Å². The first-order valence-electron chi connectivity index (χ1n) is 10.8. The van der Waals surface area contributed by atoms with Crippen LogP contribution in [0.15, 0.2) is 91.0 Å². The van der Waals surface area contributed by atoms with Crippen LogP contribution in [0.4, 0.5) is 5.69 Å². The first-order chi connectivity index (χ1) is 16.2. The second-order valence-electron chi connectivity index (χ2n) is 7.23. The van der Waals surface area contributed by atoms with Crippen LogP contribution in [0, 0.1) is 0 Å². The zero-order valence-corrected chi connectivity index (χ0v) is 20.4. The number of carbonyl (C=O) groups excluding carboxylic acids is 2. The van der Waals surface area contributed by atoms with Crippen LogP contribution in [0.2, 0.25) is 5.32 Å². The van der Waals surface area contributed by atoms with E-state index in [-0.39, 0.29) is 18.4 Å². The molecule has 0 unspecified atom stereocenters. The number of anilines is 1. The Kier molecular flexibility index (Phi) is 9.77. The quantitative estimate of drug-likeness (QED) is 0.245. The van der Waals surface area contributed by atoms with E-state index >= 15 is 0 Å². The Morgan fingerprint density at radius 2 is 1.61 bits per heavy atom. The maximum absolute atomic E-state index is 13.0. The zero-order chi connectivity index (χ0) is 23.3. The van der Waals surface area contributed by atoms with E-state index in [0.717, 1.165) is 17.3 Å². The average molecular weight is 507 g/mol. The van der Waals surface area contributed by atoms with Gasteiger partial charge in [-0.05, 0) is 0 Å². The topological polar surface area (TPSA) is 58.6 Å². The first kappa shape index (κ1) is 24.3. The Morgan fingerprint density at radius 1 is 0.939 bits per heavy atom. The summed E-state index contributed by atoms with van der Waals surface area (Å²) >= 11 is 0.402. The minimum atomic E-state index is -0.258. The first-order valence-corrected chi connectivity index (χ1v) is 12.9. The van der Waals surface area contributed by atoms with Crippen molar-refractivity contribution in [2.24, 2.45) is 0 Å². The molecule has 0 aliphatic heterocycles. The van der Waals surface area contributed by atoms with E-state index in [1.165, 1.54) is 15.4 Å². The Labute approximate surface area is 201 Å². The number of hydrogen-bond donors (Lipinski definition) is 1. The molecule has 0 bridgehead atoms. The van der Waals surface area contributed by atoms with Gasteiger partial charge in [-0.1, -0.05) is 18.2 Å². The van der Waals surface area contributed by atoms with E-state index in [0.29, 0.717) is 32.9 Å². The molecule has 2 amide bonds. The van der Waals surface area contributed by atoms with Gasteiger partial charge in [0.05, 0.1) is 7.11 Å². The Hall–Kier alpha value is -3.34. The van der Waals surface area contributed by atoms with Crippen molar-refractivity contribution >= 4 is 43.0 Å². The molecule has 0 saturated heterocycles. The minimum absolute atomic E-state index is 0.0475. The van der Waals surface area contributed by atoms with Crippen molar-refractivity contribution in [2.45, 2.75) is 11.7 Å². The van der Waals surface area contributed by atoms with Crippen LogP contribution in [0.5, 0.6) is 5.75 Å². The molecule has 0 aromatic heterocycles. The van der Waals surface area contributed by atoms with E-state index in [2.05, 4.69) is 29.6 Å². The van der Waals surface area contributed by atoms with E-state index in [1.807, 2.05) is 36.4 Å². The number of rotatable bonds is 11. The Balaban J connectivity index is 1.57. The number of hydrogen-bond acceptors (Lipinski definition) is 3. The molecule has 0 heterocycles. The van der Waals surface area contributed by atoms with Crippen molar-refractivity contribution in [2.75, 3.05) is 25.1 Å². The van der Waals surface area contributed by atoms with Crippen LogP contribution < -0.4 is 19.4 Å². The molecular weight excluding hydrogens is 479 g/mol. The number of methoxy groups -OCH3 is 1. The molecule has 3 rings (SSSR count). The molecule has 0 spiro atoms. The molecule has 33 heavy (non-hydrogen) atoms. The summed E-state index contributed by atoms with van der Waals surface area (Å²) in [6.45, 7) is 0.548. The van der Waals surface area contributed by atoms with Gasteiger partial charge >= 0.3 is 176 Å². The third-order valence-electron chi connectivity index (χ3n) is 4.82. The number of amides is 2. The predicted molar refractivity (Wildman–Crippen MR) is 135 cm³/mol. The number of nitrogens with one attached hydrogen (secondary N) is 1. The SMILES string of the molecule is COc1ccc(N(CC(=O)NCCC[Se]c2ccccc2)C(=O)/C=C/c2ccccc2)cc1. The molecule has 0 aliphatic rings. The van der Waals surface area contributed by atoms with E-state index in [4.69, 9.17) is 4.74 Å². The number of ether oxygens (including phenoxy) is 1. The van der Waals surface area contributed by atoms with Crippen LogP contribution in [-0.4, -0.2) is 47.0 Å². The van der Waals surface area contributed by atoms with Crippen molar-refractivity contribution in [3.63, 3.8) is 0 Å². The summed E-state index contributed by atoms with van der Waals surface area (Å²) in [5.74, 6) is 0.252. The van der Waals surface area contributed by atoms with Crippen LogP contribution in [-0.2, 0) is 9.59 Å². The van der Waals surface area contributed by atoms with Crippen LogP contribution in [0.25, 0.3) is 6.08 Å². The normalized spacial score (nSPS) is 10.7. The van der Waals surface area contributed by atoms with Gasteiger partial charge < -0.3 is 0 Å². The van der Waals surface area contributed by atoms with E-state index in [9.17, 15) is 9.59 Å². The van der Waals surface area contributed by atoms with Crippen molar-refractivity contribution < 1.29 is 14.3 Å². The van der Waals surface area contributed by atoms with Gasteiger partial charge in [-0.25, -0.2) is 0 Å². The molecule has 3 aromatic rings. The standard InChI is InChI=1S/C27H28N2O3Se/c1-32-24-16-14-23(15-17-24)29(27(31)18-13-22-9-4-2-5-10-22)21-26(30)28-19-8-20-33-25-11-6-3-7-12-25/h2-7,9-18H,8,19-21H2,1H3,(H,28,30)/b18-13+. The Morgan fingerprint density at radius 3 is 2.27 bits per heavy atom. The zero-order valence-electron chi connectivity index (χ0n) is 18.6. The molecule has 0 radical (unpaired) electrons. The summed E-state index contributed by atoms with van der Waals surface area (Å²) in [5.41, 5.74) is 1.56. The van der Waals surface area contributed by atoms with Crippen LogP contribution >= 0.6 is 0 Å². The molecule has 6 heteroatoms. The molecule has 5 nitrogen and oxygen atoms in total. The van der Waals surface area contributed by atoms with Gasteiger partial charge in [0.2, 0.25) is 0 Å². The summed E-state index contributed by atoms with van der Waals surface area (Å²) in [6.07, 6.45) is 4.16. The summed E-state index contributed by atoms with van der Waals surface area (Å²) in [7, 11) is 1.59. The predicted octanol–water partition coefficient (Wildman–Crippen LogP) is 3.70. The van der Waals surface area contributed by atoms with E-state index < -0.39 is 0 Å². The van der Waals surface area contributed by atoms with Crippen molar-refractivity contribution in [3.05, 3.63) is 96.6 Å². The Bertz CT molecular complexity index is 1040. The molecule has 0 saturated carbocycles. The number of benzene rings is 3. The summed E-state index contributed by atoms with van der Waals surface area (Å²) in [6, 6.07) is 27.1. The summed E-state index contributed by atoms with van der Waals surface area (Å²) in [4.78, 5) is 27.1. The van der Waals surface area contributed by atoms with Gasteiger partial charge in [-0.15, -0.1) is 0 Å². The van der Waals surface area contributed by atoms with Crippen LogP contribution in [0.3, 0.4) is 0 Å². The molecule has 0 aliphatic carbocycles. The molecule has 0 atom stereocenters. The molecule has 170 valence electrons. The van der Waals surface area contributed by atoms with Gasteiger partial charge in [-0.2, -0.15) is 0 Å². The fourth-order valence-corrected chi connectivity index (χ4v) is 4.92. The van der Waals surface area contributed by atoms with Gasteiger partial charge in [-0.3, -0.25) is 0 Å². The van der Waals surface area contributed by atoms with Gasteiger partial charge in [0.25, 0.3) is 0 Å². The monoisotopic (exact) mass is 508 g/mol. The molecular formula is C27H28N2O3Se. The number of carbonyl (C=O) groups is 2. The average Bonchev–Trinajstić information content (AvgIpc) is 2.87. The van der Waals surface area contributed by atoms with Crippen molar-refractivity contribution in [3.8, 4) is 5.75 Å². The van der Waals surface area contributed by atoms with Gasteiger partial charge in [0.15, 0.2) is 0 Å². The molecule has 3 aromatic carbocycles. The number of nitrogens with zero attached hydrogens (tertiary/aromatic N) is 1. The van der Waals surface area contributed by atoms with Crippen molar-refractivity contribution in [1.29, 1.82) is 0 Å². The second-order valence-corrected chi connectivity index (χ2v) is 9.68. The van der Waals surface area contributed by atoms with Gasteiger partial charge in [0, 0.05) is 0 Å². The molecule has 1 N–H and O–H groups in total. The summed E-state index contributed by atoms with van der Waals surface area (Å²) < 4.78 is 6.57.